The highest BCUT2D eigenvalue weighted by atomic mass is 32.1. The fraction of sp³-hybridized carbons (Fsp3) is 0.524. The Labute approximate surface area is 165 Å². The van der Waals surface area contributed by atoms with Gasteiger partial charge in [0.2, 0.25) is 5.91 Å². The van der Waals surface area contributed by atoms with Crippen molar-refractivity contribution in [1.29, 1.82) is 0 Å². The van der Waals surface area contributed by atoms with Crippen LogP contribution in [0.15, 0.2) is 24.4 Å². The third-order valence-electron chi connectivity index (χ3n) is 5.65. The van der Waals surface area contributed by atoms with Gasteiger partial charge in [0, 0.05) is 49.7 Å². The van der Waals surface area contributed by atoms with E-state index in [9.17, 15) is 4.79 Å². The van der Waals surface area contributed by atoms with Crippen molar-refractivity contribution in [2.24, 2.45) is 0 Å². The number of hydrogen-bond acceptors (Lipinski definition) is 5. The molecule has 0 saturated carbocycles. The summed E-state index contributed by atoms with van der Waals surface area (Å²) in [6.45, 7) is 5.76. The van der Waals surface area contributed by atoms with Gasteiger partial charge in [0.1, 0.15) is 5.00 Å². The molecule has 2 aromatic heterocycles. The number of fused-ring (bicyclic) bond motifs is 1. The van der Waals surface area contributed by atoms with Gasteiger partial charge in [-0.15, -0.1) is 11.3 Å². The number of likely N-dealkylation sites (N-methyl/N-ethyl adjacent to an activating group) is 1. The number of thiophene rings is 1. The predicted octanol–water partition coefficient (Wildman–Crippen LogP) is 3.32. The summed E-state index contributed by atoms with van der Waals surface area (Å²) >= 11 is 1.78. The zero-order valence-corrected chi connectivity index (χ0v) is 17.0. The Morgan fingerprint density at radius 2 is 1.96 bits per heavy atom. The first kappa shape index (κ1) is 18.6. The smallest absolute Gasteiger partial charge is 0.221 e. The van der Waals surface area contributed by atoms with E-state index in [4.69, 9.17) is 4.98 Å². The van der Waals surface area contributed by atoms with Crippen LogP contribution in [-0.4, -0.2) is 53.9 Å². The second-order valence-electron chi connectivity index (χ2n) is 7.63. The maximum Gasteiger partial charge on any atom is 0.221 e. The van der Waals surface area contributed by atoms with Gasteiger partial charge >= 0.3 is 0 Å². The molecule has 1 aliphatic carbocycles. The topological polar surface area (TPSA) is 48.5 Å². The number of aryl methyl sites for hydroxylation is 1. The largest absolute Gasteiger partial charge is 0.318 e. The predicted molar refractivity (Wildman–Crippen MR) is 110 cm³/mol. The fourth-order valence-corrected chi connectivity index (χ4v) is 5.64. The number of nitrogens with zero attached hydrogens (tertiary/aromatic N) is 3. The number of carbonyl (C=O) groups excluding carboxylic acids is 1. The Bertz CT molecular complexity index is 796. The SMILES string of the molecule is CC(=O)Nc1sc2c(c1[C@H](c1ccccn1)N1CCN(C)CC1)CCCC2. The lowest BCUT2D eigenvalue weighted by Gasteiger charge is -2.38. The summed E-state index contributed by atoms with van der Waals surface area (Å²) in [5.41, 5.74) is 3.84. The number of piperazine rings is 1. The van der Waals surface area contributed by atoms with Crippen LogP contribution in [0.4, 0.5) is 5.00 Å². The number of aromatic nitrogens is 1. The molecule has 1 aliphatic heterocycles. The second kappa shape index (κ2) is 8.09. The van der Waals surface area contributed by atoms with Crippen LogP contribution in [0.2, 0.25) is 0 Å². The Morgan fingerprint density at radius 3 is 2.67 bits per heavy atom. The molecule has 0 unspecified atom stereocenters. The highest BCUT2D eigenvalue weighted by molar-refractivity contribution is 7.16. The lowest BCUT2D eigenvalue weighted by atomic mass is 9.90. The van der Waals surface area contributed by atoms with Crippen LogP contribution < -0.4 is 5.32 Å². The summed E-state index contributed by atoms with van der Waals surface area (Å²) in [4.78, 5) is 23.0. The summed E-state index contributed by atoms with van der Waals surface area (Å²) in [7, 11) is 2.18. The van der Waals surface area contributed by atoms with Crippen molar-refractivity contribution in [2.45, 2.75) is 38.6 Å². The molecular weight excluding hydrogens is 356 g/mol. The molecule has 0 spiro atoms. The van der Waals surface area contributed by atoms with E-state index >= 15 is 0 Å². The molecule has 5 nitrogen and oxygen atoms in total. The molecule has 2 aromatic rings. The monoisotopic (exact) mass is 384 g/mol. The van der Waals surface area contributed by atoms with E-state index in [0.29, 0.717) is 0 Å². The fourth-order valence-electron chi connectivity index (χ4n) is 4.27. The van der Waals surface area contributed by atoms with Gasteiger partial charge in [-0.1, -0.05) is 6.07 Å². The molecule has 1 amide bonds. The summed E-state index contributed by atoms with van der Waals surface area (Å²) in [5.74, 6) is 0.00740. The average Bonchev–Trinajstić information content (AvgIpc) is 3.02. The highest BCUT2D eigenvalue weighted by Gasteiger charge is 2.33. The van der Waals surface area contributed by atoms with Gasteiger partial charge in [0.05, 0.1) is 11.7 Å². The van der Waals surface area contributed by atoms with E-state index in [2.05, 4.69) is 34.3 Å². The normalized spacial score (nSPS) is 19.5. The summed E-state index contributed by atoms with van der Waals surface area (Å²) in [5, 5.41) is 4.17. The van der Waals surface area contributed by atoms with E-state index in [1.165, 1.54) is 28.8 Å². The second-order valence-corrected chi connectivity index (χ2v) is 8.74. The van der Waals surface area contributed by atoms with Crippen LogP contribution in [0, 0.1) is 0 Å². The molecule has 144 valence electrons. The van der Waals surface area contributed by atoms with Crippen LogP contribution in [0.5, 0.6) is 0 Å². The van der Waals surface area contributed by atoms with Crippen LogP contribution in [0.3, 0.4) is 0 Å². The lowest BCUT2D eigenvalue weighted by molar-refractivity contribution is -0.114. The van der Waals surface area contributed by atoms with Gasteiger partial charge in [-0.05, 0) is 50.4 Å². The van der Waals surface area contributed by atoms with Gasteiger partial charge in [0.15, 0.2) is 0 Å². The van der Waals surface area contributed by atoms with E-state index < -0.39 is 0 Å². The van der Waals surface area contributed by atoms with Crippen molar-refractivity contribution in [1.82, 2.24) is 14.8 Å². The number of nitrogens with one attached hydrogen (secondary N) is 1. The quantitative estimate of drug-likeness (QED) is 0.879. The van der Waals surface area contributed by atoms with Gasteiger partial charge in [-0.3, -0.25) is 14.7 Å². The van der Waals surface area contributed by atoms with Crippen molar-refractivity contribution in [3.05, 3.63) is 46.1 Å². The van der Waals surface area contributed by atoms with E-state index in [1.54, 1.807) is 18.3 Å². The van der Waals surface area contributed by atoms with Gasteiger partial charge in [0.25, 0.3) is 0 Å². The van der Waals surface area contributed by atoms with Crippen molar-refractivity contribution in [2.75, 3.05) is 38.5 Å². The number of amides is 1. The minimum absolute atomic E-state index is 0.00740. The molecule has 0 aromatic carbocycles. The number of hydrogen-bond donors (Lipinski definition) is 1. The van der Waals surface area contributed by atoms with Crippen LogP contribution >= 0.6 is 11.3 Å². The molecule has 1 atom stereocenters. The van der Waals surface area contributed by atoms with Crippen molar-refractivity contribution in [3.63, 3.8) is 0 Å². The standard InChI is InChI=1S/C21H28N4OS/c1-15(26)23-21-19(16-7-3-4-9-18(16)27-21)20(17-8-5-6-10-22-17)25-13-11-24(2)12-14-25/h5-6,8,10,20H,3-4,7,9,11-14H2,1-2H3,(H,23,26)/t20-/m0/s1. The van der Waals surface area contributed by atoms with Crippen molar-refractivity contribution >= 4 is 22.2 Å². The Hall–Kier alpha value is -1.76. The Morgan fingerprint density at radius 1 is 1.19 bits per heavy atom. The first-order valence-corrected chi connectivity index (χ1v) is 10.7. The molecular formula is C21H28N4OS. The molecule has 6 heteroatoms. The third-order valence-corrected chi connectivity index (χ3v) is 6.87. The first-order valence-electron chi connectivity index (χ1n) is 9.89. The van der Waals surface area contributed by atoms with E-state index in [0.717, 1.165) is 49.7 Å². The number of pyridine rings is 1. The number of rotatable bonds is 4. The maximum atomic E-state index is 11.9. The Balaban J connectivity index is 1.82. The average molecular weight is 385 g/mol. The maximum absolute atomic E-state index is 11.9. The lowest BCUT2D eigenvalue weighted by Crippen LogP contribution is -2.46. The van der Waals surface area contributed by atoms with Gasteiger partial charge in [-0.25, -0.2) is 0 Å². The molecule has 1 saturated heterocycles. The zero-order chi connectivity index (χ0) is 18.8. The van der Waals surface area contributed by atoms with Crippen molar-refractivity contribution in [3.8, 4) is 0 Å². The minimum Gasteiger partial charge on any atom is -0.318 e. The van der Waals surface area contributed by atoms with Gasteiger partial charge < -0.3 is 10.2 Å². The molecule has 1 fully saturated rings. The molecule has 3 heterocycles. The number of carbonyl (C=O) groups is 1. The van der Waals surface area contributed by atoms with Crippen LogP contribution in [0.1, 0.15) is 47.5 Å². The minimum atomic E-state index is 0.00740. The van der Waals surface area contributed by atoms with Crippen LogP contribution in [-0.2, 0) is 17.6 Å². The van der Waals surface area contributed by atoms with Crippen molar-refractivity contribution < 1.29 is 4.79 Å². The van der Waals surface area contributed by atoms with Crippen LogP contribution in [0.25, 0.3) is 0 Å². The summed E-state index contributed by atoms with van der Waals surface area (Å²) in [6, 6.07) is 6.29. The molecule has 0 bridgehead atoms. The third kappa shape index (κ3) is 3.93. The summed E-state index contributed by atoms with van der Waals surface area (Å²) < 4.78 is 0. The van der Waals surface area contributed by atoms with Gasteiger partial charge in [-0.2, -0.15) is 0 Å². The van der Waals surface area contributed by atoms with E-state index in [1.807, 2.05) is 12.3 Å². The van der Waals surface area contributed by atoms with E-state index in [-0.39, 0.29) is 11.9 Å². The zero-order valence-electron chi connectivity index (χ0n) is 16.2. The molecule has 1 N–H and O–H groups in total. The molecule has 4 rings (SSSR count). The summed E-state index contributed by atoms with van der Waals surface area (Å²) in [6.07, 6.45) is 6.60. The number of anilines is 1. The highest BCUT2D eigenvalue weighted by Crippen LogP contribution is 2.45. The first-order chi connectivity index (χ1) is 13.1. The Kier molecular flexibility index (Phi) is 5.57. The molecule has 0 radical (unpaired) electrons. The molecule has 2 aliphatic rings. The molecule has 27 heavy (non-hydrogen) atoms.